The number of hydrogen-bond donors (Lipinski definition) is 1. The summed E-state index contributed by atoms with van der Waals surface area (Å²) in [5, 5.41) is 0. The van der Waals surface area contributed by atoms with Gasteiger partial charge in [-0.15, -0.1) is 0 Å². The van der Waals surface area contributed by atoms with Gasteiger partial charge in [0.25, 0.3) is 5.56 Å². The van der Waals surface area contributed by atoms with Crippen molar-refractivity contribution in [2.45, 2.75) is 32.6 Å². The van der Waals surface area contributed by atoms with Gasteiger partial charge in [0.1, 0.15) is 0 Å². The van der Waals surface area contributed by atoms with Crippen molar-refractivity contribution in [3.8, 4) is 0 Å². The predicted molar refractivity (Wildman–Crippen MR) is 64.7 cm³/mol. The number of anilines is 1. The molecule has 1 aliphatic rings. The minimum absolute atomic E-state index is 0.0718. The van der Waals surface area contributed by atoms with Crippen LogP contribution in [0.25, 0.3) is 0 Å². The van der Waals surface area contributed by atoms with E-state index in [1.165, 1.54) is 19.3 Å². The Labute approximate surface area is 95.7 Å². The van der Waals surface area contributed by atoms with Crippen molar-refractivity contribution < 1.29 is 0 Å². The Morgan fingerprint density at radius 1 is 1.50 bits per heavy atom. The molecular formula is C12H19N3O. The molecule has 0 spiro atoms. The quantitative estimate of drug-likeness (QED) is 0.828. The van der Waals surface area contributed by atoms with Crippen molar-refractivity contribution in [1.29, 1.82) is 0 Å². The normalized spacial score (nSPS) is 21.8. The first-order valence-electron chi connectivity index (χ1n) is 6.10. The second kappa shape index (κ2) is 5.14. The van der Waals surface area contributed by atoms with Crippen molar-refractivity contribution in [2.24, 2.45) is 5.92 Å². The van der Waals surface area contributed by atoms with Crippen LogP contribution >= 0.6 is 0 Å². The van der Waals surface area contributed by atoms with E-state index in [4.69, 9.17) is 0 Å². The van der Waals surface area contributed by atoms with Crippen molar-refractivity contribution >= 4 is 5.82 Å². The van der Waals surface area contributed by atoms with Gasteiger partial charge in [-0.05, 0) is 25.2 Å². The van der Waals surface area contributed by atoms with Crippen LogP contribution in [0.5, 0.6) is 0 Å². The Morgan fingerprint density at radius 2 is 2.38 bits per heavy atom. The fourth-order valence-corrected chi connectivity index (χ4v) is 2.35. The second-order valence-electron chi connectivity index (χ2n) is 4.43. The van der Waals surface area contributed by atoms with E-state index < -0.39 is 0 Å². The average Bonchev–Trinajstić information content (AvgIpc) is 2.55. The minimum Gasteiger partial charge on any atom is -0.352 e. The van der Waals surface area contributed by atoms with Gasteiger partial charge in [0.05, 0.1) is 0 Å². The molecular weight excluding hydrogens is 202 g/mol. The number of hydrogen-bond acceptors (Lipinski definition) is 3. The van der Waals surface area contributed by atoms with E-state index in [0.29, 0.717) is 5.82 Å². The number of nitrogens with one attached hydrogen (secondary N) is 1. The molecule has 0 radical (unpaired) electrons. The number of H-pyrrole nitrogens is 1. The summed E-state index contributed by atoms with van der Waals surface area (Å²) >= 11 is 0. The molecule has 2 heterocycles. The molecule has 0 aliphatic carbocycles. The van der Waals surface area contributed by atoms with E-state index in [0.717, 1.165) is 25.4 Å². The third kappa shape index (κ3) is 2.43. The van der Waals surface area contributed by atoms with Crippen molar-refractivity contribution in [1.82, 2.24) is 9.97 Å². The molecule has 16 heavy (non-hydrogen) atoms. The molecule has 1 saturated heterocycles. The highest BCUT2D eigenvalue weighted by molar-refractivity contribution is 5.35. The SMILES string of the molecule is CCC1CCCN(c2ncc[nH]c2=O)CC1. The Hall–Kier alpha value is -1.32. The van der Waals surface area contributed by atoms with Gasteiger partial charge >= 0.3 is 0 Å². The van der Waals surface area contributed by atoms with Crippen LogP contribution < -0.4 is 10.5 Å². The maximum atomic E-state index is 11.6. The van der Waals surface area contributed by atoms with E-state index in [1.807, 2.05) is 0 Å². The molecule has 1 aromatic heterocycles. The van der Waals surface area contributed by atoms with E-state index in [2.05, 4.69) is 21.8 Å². The molecule has 4 nitrogen and oxygen atoms in total. The van der Waals surface area contributed by atoms with Crippen LogP contribution in [0, 0.1) is 5.92 Å². The topological polar surface area (TPSA) is 49.0 Å². The first-order valence-corrected chi connectivity index (χ1v) is 6.10. The minimum atomic E-state index is -0.0718. The van der Waals surface area contributed by atoms with Crippen LogP contribution in [-0.2, 0) is 0 Å². The average molecular weight is 221 g/mol. The molecule has 1 aromatic rings. The third-order valence-electron chi connectivity index (χ3n) is 3.41. The zero-order valence-corrected chi connectivity index (χ0v) is 9.78. The largest absolute Gasteiger partial charge is 0.352 e. The van der Waals surface area contributed by atoms with Gasteiger partial charge in [-0.1, -0.05) is 13.3 Å². The molecule has 1 unspecified atom stereocenters. The summed E-state index contributed by atoms with van der Waals surface area (Å²) in [7, 11) is 0. The van der Waals surface area contributed by atoms with Crippen molar-refractivity contribution in [3.63, 3.8) is 0 Å². The van der Waals surface area contributed by atoms with E-state index in [9.17, 15) is 4.79 Å². The molecule has 0 saturated carbocycles. The molecule has 4 heteroatoms. The van der Waals surface area contributed by atoms with Gasteiger partial charge < -0.3 is 9.88 Å². The Kier molecular flexibility index (Phi) is 3.59. The van der Waals surface area contributed by atoms with Gasteiger partial charge in [0, 0.05) is 25.5 Å². The molecule has 0 bridgehead atoms. The zero-order chi connectivity index (χ0) is 11.4. The summed E-state index contributed by atoms with van der Waals surface area (Å²) in [5.74, 6) is 1.40. The highest BCUT2D eigenvalue weighted by Crippen LogP contribution is 2.21. The maximum Gasteiger partial charge on any atom is 0.290 e. The zero-order valence-electron chi connectivity index (χ0n) is 9.78. The highest BCUT2D eigenvalue weighted by Gasteiger charge is 2.18. The third-order valence-corrected chi connectivity index (χ3v) is 3.41. The van der Waals surface area contributed by atoms with Crippen LogP contribution in [0.1, 0.15) is 32.6 Å². The van der Waals surface area contributed by atoms with Crippen LogP contribution in [0.4, 0.5) is 5.82 Å². The van der Waals surface area contributed by atoms with Crippen LogP contribution in [-0.4, -0.2) is 23.1 Å². The summed E-state index contributed by atoms with van der Waals surface area (Å²) < 4.78 is 0. The molecule has 0 amide bonds. The lowest BCUT2D eigenvalue weighted by Gasteiger charge is -2.20. The van der Waals surface area contributed by atoms with E-state index in [1.54, 1.807) is 12.4 Å². The lowest BCUT2D eigenvalue weighted by atomic mass is 9.98. The maximum absolute atomic E-state index is 11.6. The Balaban J connectivity index is 2.11. The number of aromatic amines is 1. The number of rotatable bonds is 2. The Bertz CT molecular complexity index is 388. The molecule has 1 fully saturated rings. The van der Waals surface area contributed by atoms with Crippen LogP contribution in [0.3, 0.4) is 0 Å². The highest BCUT2D eigenvalue weighted by atomic mass is 16.1. The van der Waals surface area contributed by atoms with Gasteiger partial charge in [0.15, 0.2) is 5.82 Å². The molecule has 0 aromatic carbocycles. The monoisotopic (exact) mass is 221 g/mol. The van der Waals surface area contributed by atoms with Crippen molar-refractivity contribution in [2.75, 3.05) is 18.0 Å². The van der Waals surface area contributed by atoms with Crippen LogP contribution in [0.2, 0.25) is 0 Å². The molecule has 1 atom stereocenters. The first-order chi connectivity index (χ1) is 7.81. The second-order valence-corrected chi connectivity index (χ2v) is 4.43. The lowest BCUT2D eigenvalue weighted by Crippen LogP contribution is -2.31. The summed E-state index contributed by atoms with van der Waals surface area (Å²) in [6, 6.07) is 0. The van der Waals surface area contributed by atoms with Gasteiger partial charge in [-0.2, -0.15) is 0 Å². The fraction of sp³-hybridized carbons (Fsp3) is 0.667. The molecule has 1 N–H and O–H groups in total. The van der Waals surface area contributed by atoms with Crippen LogP contribution in [0.15, 0.2) is 17.2 Å². The lowest BCUT2D eigenvalue weighted by molar-refractivity contribution is 0.459. The predicted octanol–water partition coefficient (Wildman–Crippen LogP) is 1.79. The summed E-state index contributed by atoms with van der Waals surface area (Å²) in [5.41, 5.74) is -0.0718. The standard InChI is InChI=1S/C12H19N3O/c1-2-10-4-3-8-15(9-5-10)11-12(16)14-7-6-13-11/h6-7,10H,2-5,8-9H2,1H3,(H,14,16). The first kappa shape index (κ1) is 11.2. The summed E-state index contributed by atoms with van der Waals surface area (Å²) in [6.45, 7) is 4.16. The van der Waals surface area contributed by atoms with Crippen molar-refractivity contribution in [3.05, 3.63) is 22.7 Å². The summed E-state index contributed by atoms with van der Waals surface area (Å²) in [4.78, 5) is 20.6. The smallest absolute Gasteiger partial charge is 0.290 e. The molecule has 88 valence electrons. The number of aromatic nitrogens is 2. The molecule has 2 rings (SSSR count). The summed E-state index contributed by atoms with van der Waals surface area (Å²) in [6.07, 6.45) is 8.09. The number of nitrogens with zero attached hydrogens (tertiary/aromatic N) is 2. The van der Waals surface area contributed by atoms with Gasteiger partial charge in [-0.25, -0.2) is 4.98 Å². The van der Waals surface area contributed by atoms with Gasteiger partial charge in [0.2, 0.25) is 0 Å². The molecule has 1 aliphatic heterocycles. The van der Waals surface area contributed by atoms with E-state index in [-0.39, 0.29) is 5.56 Å². The fourth-order valence-electron chi connectivity index (χ4n) is 2.35. The Morgan fingerprint density at radius 3 is 3.12 bits per heavy atom. The van der Waals surface area contributed by atoms with Gasteiger partial charge in [-0.3, -0.25) is 4.79 Å². The van der Waals surface area contributed by atoms with E-state index >= 15 is 0 Å².